The number of benzene rings is 3. The number of hydrogen-bond donors (Lipinski definition) is 1. The minimum absolute atomic E-state index is 0.878. The van der Waals surface area contributed by atoms with Gasteiger partial charge in [-0.25, -0.2) is 4.79 Å². The van der Waals surface area contributed by atoms with Crippen molar-refractivity contribution in [2.24, 2.45) is 0 Å². The number of fused-ring (bicyclic) bond motifs is 1. The molecule has 0 aliphatic carbocycles. The summed E-state index contributed by atoms with van der Waals surface area (Å²) >= 11 is 0. The van der Waals surface area contributed by atoms with Gasteiger partial charge in [0.15, 0.2) is 0 Å². The summed E-state index contributed by atoms with van der Waals surface area (Å²) in [6.45, 7) is 0. The first-order valence-corrected chi connectivity index (χ1v) is 6.73. The number of carboxylic acids is 1. The Balaban J connectivity index is 2.11. The predicted octanol–water partition coefficient (Wildman–Crippen LogP) is 4.60. The van der Waals surface area contributed by atoms with Crippen molar-refractivity contribution in [1.82, 2.24) is 0 Å². The van der Waals surface area contributed by atoms with Crippen LogP contribution >= 0.6 is 0 Å². The molecule has 0 aliphatic rings. The number of hydrogen-bond acceptors (Lipinski definition) is 1. The van der Waals surface area contributed by atoms with Crippen LogP contribution in [0.1, 0.15) is 5.56 Å². The third-order valence-electron chi connectivity index (χ3n) is 3.41. The largest absolute Gasteiger partial charge is 0.478 e. The van der Waals surface area contributed by atoms with Gasteiger partial charge < -0.3 is 5.11 Å². The zero-order valence-corrected chi connectivity index (χ0v) is 11.4. The Morgan fingerprint density at radius 2 is 1.67 bits per heavy atom. The molecule has 0 fully saturated rings. The van der Waals surface area contributed by atoms with Crippen LogP contribution in [0.5, 0.6) is 0 Å². The van der Waals surface area contributed by atoms with E-state index in [1.165, 1.54) is 10.8 Å². The predicted molar refractivity (Wildman–Crippen MR) is 86.1 cm³/mol. The maximum absolute atomic E-state index is 10.6. The Bertz CT molecular complexity index is 826. The smallest absolute Gasteiger partial charge is 0.328 e. The van der Waals surface area contributed by atoms with Crippen molar-refractivity contribution < 1.29 is 9.90 Å². The van der Waals surface area contributed by atoms with Crippen LogP contribution in [0.15, 0.2) is 72.8 Å². The Labute approximate surface area is 123 Å². The van der Waals surface area contributed by atoms with Crippen LogP contribution in [0.4, 0.5) is 0 Å². The van der Waals surface area contributed by atoms with Crippen LogP contribution in [0, 0.1) is 0 Å². The van der Waals surface area contributed by atoms with Gasteiger partial charge in [-0.3, -0.25) is 0 Å². The summed E-state index contributed by atoms with van der Waals surface area (Å²) in [5.74, 6) is -0.939. The van der Waals surface area contributed by atoms with Gasteiger partial charge in [0, 0.05) is 6.08 Å². The van der Waals surface area contributed by atoms with Crippen molar-refractivity contribution in [3.8, 4) is 11.1 Å². The lowest BCUT2D eigenvalue weighted by Crippen LogP contribution is -1.86. The van der Waals surface area contributed by atoms with Gasteiger partial charge in [0.25, 0.3) is 0 Å². The molecule has 0 radical (unpaired) electrons. The van der Waals surface area contributed by atoms with Gasteiger partial charge in [-0.05, 0) is 39.6 Å². The lowest BCUT2D eigenvalue weighted by Gasteiger charge is -2.07. The van der Waals surface area contributed by atoms with E-state index in [0.717, 1.165) is 22.8 Å². The first kappa shape index (κ1) is 13.1. The van der Waals surface area contributed by atoms with Gasteiger partial charge in [-0.2, -0.15) is 0 Å². The normalized spacial score (nSPS) is 11.0. The third kappa shape index (κ3) is 2.84. The van der Waals surface area contributed by atoms with Gasteiger partial charge >= 0.3 is 5.97 Å². The molecule has 3 aromatic rings. The number of carbonyl (C=O) groups is 1. The standard InChI is InChI=1S/C19H14O2/c20-19(21)12-11-14-5-3-8-16(13-14)18-10-4-7-15-6-1-2-9-17(15)18/h1-13H,(H,20,21). The SMILES string of the molecule is O=C(O)C=Cc1cccc(-c2cccc3ccccc23)c1. The van der Waals surface area contributed by atoms with E-state index in [0.29, 0.717) is 0 Å². The summed E-state index contributed by atoms with van der Waals surface area (Å²) in [6, 6.07) is 22.3. The van der Waals surface area contributed by atoms with Crippen molar-refractivity contribution in [2.45, 2.75) is 0 Å². The maximum atomic E-state index is 10.6. The minimum Gasteiger partial charge on any atom is -0.478 e. The van der Waals surface area contributed by atoms with E-state index in [1.54, 1.807) is 6.08 Å². The highest BCUT2D eigenvalue weighted by atomic mass is 16.4. The molecule has 0 aliphatic heterocycles. The van der Waals surface area contributed by atoms with E-state index in [2.05, 4.69) is 24.3 Å². The maximum Gasteiger partial charge on any atom is 0.328 e. The van der Waals surface area contributed by atoms with Crippen molar-refractivity contribution in [2.75, 3.05) is 0 Å². The number of aliphatic carboxylic acids is 1. The summed E-state index contributed by atoms with van der Waals surface area (Å²) in [5, 5.41) is 11.1. The Kier molecular flexibility index (Phi) is 3.52. The lowest BCUT2D eigenvalue weighted by atomic mass is 9.97. The van der Waals surface area contributed by atoms with E-state index in [1.807, 2.05) is 42.5 Å². The van der Waals surface area contributed by atoms with Gasteiger partial charge in [-0.1, -0.05) is 60.7 Å². The average molecular weight is 274 g/mol. The highest BCUT2D eigenvalue weighted by molar-refractivity contribution is 5.97. The fourth-order valence-electron chi connectivity index (χ4n) is 2.45. The van der Waals surface area contributed by atoms with Crippen LogP contribution in [0.3, 0.4) is 0 Å². The summed E-state index contributed by atoms with van der Waals surface area (Å²) in [4.78, 5) is 10.6. The number of rotatable bonds is 3. The van der Waals surface area contributed by atoms with Crippen LogP contribution in [-0.2, 0) is 4.79 Å². The highest BCUT2D eigenvalue weighted by Crippen LogP contribution is 2.29. The van der Waals surface area contributed by atoms with Crippen LogP contribution in [-0.4, -0.2) is 11.1 Å². The molecule has 0 spiro atoms. The molecule has 2 heteroatoms. The fraction of sp³-hybridized carbons (Fsp3) is 0. The molecule has 0 saturated carbocycles. The van der Waals surface area contributed by atoms with Crippen LogP contribution in [0.25, 0.3) is 28.0 Å². The first-order chi connectivity index (χ1) is 10.2. The monoisotopic (exact) mass is 274 g/mol. The molecule has 0 saturated heterocycles. The number of carboxylic acid groups (broad SMARTS) is 1. The molecule has 3 rings (SSSR count). The molecule has 102 valence electrons. The molecule has 2 nitrogen and oxygen atoms in total. The minimum atomic E-state index is -0.939. The van der Waals surface area contributed by atoms with E-state index >= 15 is 0 Å². The van der Waals surface area contributed by atoms with Crippen molar-refractivity contribution in [3.05, 3.63) is 78.4 Å². The topological polar surface area (TPSA) is 37.3 Å². The zero-order valence-electron chi connectivity index (χ0n) is 11.4. The molecule has 0 heterocycles. The summed E-state index contributed by atoms with van der Waals surface area (Å²) < 4.78 is 0. The second-order valence-corrected chi connectivity index (χ2v) is 4.82. The first-order valence-electron chi connectivity index (χ1n) is 6.73. The van der Waals surface area contributed by atoms with Crippen LogP contribution in [0.2, 0.25) is 0 Å². The fourth-order valence-corrected chi connectivity index (χ4v) is 2.45. The molecule has 0 amide bonds. The molecule has 0 aromatic heterocycles. The lowest BCUT2D eigenvalue weighted by molar-refractivity contribution is -0.131. The summed E-state index contributed by atoms with van der Waals surface area (Å²) in [6.07, 6.45) is 2.76. The molecular formula is C19H14O2. The average Bonchev–Trinajstić information content (AvgIpc) is 2.52. The second kappa shape index (κ2) is 5.63. The Morgan fingerprint density at radius 3 is 2.52 bits per heavy atom. The molecule has 0 unspecified atom stereocenters. The third-order valence-corrected chi connectivity index (χ3v) is 3.41. The van der Waals surface area contributed by atoms with Crippen molar-refractivity contribution in [3.63, 3.8) is 0 Å². The Hall–Kier alpha value is -2.87. The van der Waals surface area contributed by atoms with Gasteiger partial charge in [0.05, 0.1) is 0 Å². The second-order valence-electron chi connectivity index (χ2n) is 4.82. The van der Waals surface area contributed by atoms with Gasteiger partial charge in [-0.15, -0.1) is 0 Å². The summed E-state index contributed by atoms with van der Waals surface area (Å²) in [5.41, 5.74) is 3.11. The van der Waals surface area contributed by atoms with Gasteiger partial charge in [0.1, 0.15) is 0 Å². The summed E-state index contributed by atoms with van der Waals surface area (Å²) in [7, 11) is 0. The van der Waals surface area contributed by atoms with Gasteiger partial charge in [0.2, 0.25) is 0 Å². The zero-order chi connectivity index (χ0) is 14.7. The molecule has 1 N–H and O–H groups in total. The molecule has 0 atom stereocenters. The quantitative estimate of drug-likeness (QED) is 0.708. The molecular weight excluding hydrogens is 260 g/mol. The van der Waals surface area contributed by atoms with Crippen molar-refractivity contribution >= 4 is 22.8 Å². The van der Waals surface area contributed by atoms with E-state index in [4.69, 9.17) is 5.11 Å². The highest BCUT2D eigenvalue weighted by Gasteiger charge is 2.03. The molecule has 21 heavy (non-hydrogen) atoms. The van der Waals surface area contributed by atoms with E-state index < -0.39 is 5.97 Å². The molecule has 0 bridgehead atoms. The molecule has 3 aromatic carbocycles. The van der Waals surface area contributed by atoms with E-state index in [9.17, 15) is 4.79 Å². The van der Waals surface area contributed by atoms with Crippen molar-refractivity contribution in [1.29, 1.82) is 0 Å². The Morgan fingerprint density at radius 1 is 0.905 bits per heavy atom. The van der Waals surface area contributed by atoms with Crippen LogP contribution < -0.4 is 0 Å². The van der Waals surface area contributed by atoms with E-state index in [-0.39, 0.29) is 0 Å².